The van der Waals surface area contributed by atoms with Crippen molar-refractivity contribution in [2.45, 2.75) is 32.0 Å². The summed E-state index contributed by atoms with van der Waals surface area (Å²) in [5.41, 5.74) is 3.79. The van der Waals surface area contributed by atoms with Crippen LogP contribution in [0.25, 0.3) is 0 Å². The van der Waals surface area contributed by atoms with Crippen molar-refractivity contribution in [3.05, 3.63) is 29.8 Å². The van der Waals surface area contributed by atoms with Crippen molar-refractivity contribution in [1.29, 1.82) is 0 Å². The number of benzene rings is 1. The number of carbonyl (C=O) groups excluding carboxylic acids is 2. The molecule has 0 aliphatic carbocycles. The monoisotopic (exact) mass is 325 g/mol. The van der Waals surface area contributed by atoms with Crippen LogP contribution in [0.3, 0.4) is 0 Å². The molecule has 128 valence electrons. The lowest BCUT2D eigenvalue weighted by molar-refractivity contribution is -0.134. The van der Waals surface area contributed by atoms with Crippen LogP contribution in [0.2, 0.25) is 0 Å². The van der Waals surface area contributed by atoms with Crippen LogP contribution in [0.1, 0.15) is 31.4 Å². The van der Waals surface area contributed by atoms with Gasteiger partial charge in [-0.1, -0.05) is 12.1 Å². The minimum atomic E-state index is -0.813. The van der Waals surface area contributed by atoms with Gasteiger partial charge in [0, 0.05) is 12.3 Å². The summed E-state index contributed by atoms with van der Waals surface area (Å²) in [4.78, 5) is 27.5. The highest BCUT2D eigenvalue weighted by atomic mass is 16.7. The van der Waals surface area contributed by atoms with Crippen molar-refractivity contribution in [2.24, 2.45) is 0 Å². The zero-order valence-electron chi connectivity index (χ0n) is 13.0. The first kappa shape index (κ1) is 19.0. The van der Waals surface area contributed by atoms with Crippen molar-refractivity contribution in [2.75, 3.05) is 18.6 Å². The Morgan fingerprint density at radius 1 is 1.35 bits per heavy atom. The van der Waals surface area contributed by atoms with Gasteiger partial charge in [-0.15, -0.1) is 0 Å². The molecule has 2 amide bonds. The average molecular weight is 325 g/mol. The van der Waals surface area contributed by atoms with Gasteiger partial charge in [0.25, 0.3) is 5.91 Å². The minimum Gasteiger partial charge on any atom is -0.396 e. The van der Waals surface area contributed by atoms with Crippen LogP contribution < -0.4 is 16.1 Å². The zero-order valence-corrected chi connectivity index (χ0v) is 13.0. The van der Waals surface area contributed by atoms with E-state index in [4.69, 9.17) is 9.94 Å². The summed E-state index contributed by atoms with van der Waals surface area (Å²) < 4.78 is 0. The van der Waals surface area contributed by atoms with Gasteiger partial charge in [0.2, 0.25) is 6.41 Å². The average Bonchev–Trinajstić information content (AvgIpc) is 2.54. The number of hydrogen-bond acceptors (Lipinski definition) is 6. The second-order valence-electron chi connectivity index (χ2n) is 4.90. The van der Waals surface area contributed by atoms with Crippen molar-refractivity contribution in [3.63, 3.8) is 0 Å². The van der Waals surface area contributed by atoms with E-state index in [0.717, 1.165) is 5.56 Å². The fourth-order valence-electron chi connectivity index (χ4n) is 1.81. The van der Waals surface area contributed by atoms with Crippen molar-refractivity contribution in [3.8, 4) is 0 Å². The smallest absolute Gasteiger partial charge is 0.255 e. The molecule has 0 aromatic heterocycles. The topological polar surface area (TPSA) is 120 Å². The van der Waals surface area contributed by atoms with Gasteiger partial charge in [-0.25, -0.2) is 0 Å². The third-order valence-electron chi connectivity index (χ3n) is 3.06. The van der Waals surface area contributed by atoms with E-state index < -0.39 is 12.2 Å². The molecule has 0 spiro atoms. The Kier molecular flexibility index (Phi) is 8.85. The number of nitrogens with one attached hydrogen (secondary N) is 3. The van der Waals surface area contributed by atoms with Gasteiger partial charge in [-0.05, 0) is 37.5 Å². The van der Waals surface area contributed by atoms with Crippen LogP contribution in [0.15, 0.2) is 24.3 Å². The second-order valence-corrected chi connectivity index (χ2v) is 4.90. The number of aliphatic hydroxyl groups excluding tert-OH is 2. The Bertz CT molecular complexity index is 479. The maximum absolute atomic E-state index is 12.2. The quantitative estimate of drug-likeness (QED) is 0.170. The highest BCUT2D eigenvalue weighted by molar-refractivity contribution is 5.94. The van der Waals surface area contributed by atoms with E-state index in [1.807, 2.05) is 0 Å². The van der Waals surface area contributed by atoms with Gasteiger partial charge in [0.15, 0.2) is 6.10 Å². The Morgan fingerprint density at radius 3 is 2.61 bits per heavy atom. The maximum Gasteiger partial charge on any atom is 0.255 e. The highest BCUT2D eigenvalue weighted by Crippen LogP contribution is 2.16. The normalized spacial score (nSPS) is 13.2. The van der Waals surface area contributed by atoms with Crippen molar-refractivity contribution >= 4 is 18.0 Å². The van der Waals surface area contributed by atoms with Crippen LogP contribution in [-0.4, -0.2) is 41.9 Å². The fraction of sp³-hybridized carbons (Fsp3) is 0.467. The maximum atomic E-state index is 12.2. The van der Waals surface area contributed by atoms with E-state index in [0.29, 0.717) is 24.9 Å². The molecule has 0 saturated heterocycles. The highest BCUT2D eigenvalue weighted by Gasteiger charge is 2.19. The molecule has 23 heavy (non-hydrogen) atoms. The van der Waals surface area contributed by atoms with E-state index in [-0.39, 0.29) is 19.2 Å². The first-order chi connectivity index (χ1) is 11.1. The molecule has 0 aliphatic rings. The van der Waals surface area contributed by atoms with Crippen LogP contribution in [-0.2, 0) is 14.4 Å². The number of rotatable bonds is 11. The van der Waals surface area contributed by atoms with Gasteiger partial charge in [-0.2, -0.15) is 5.48 Å². The number of anilines is 1. The molecule has 0 aliphatic heterocycles. The van der Waals surface area contributed by atoms with Gasteiger partial charge < -0.3 is 20.8 Å². The molecule has 1 aromatic carbocycles. The first-order valence-electron chi connectivity index (χ1n) is 7.33. The number of amides is 2. The van der Waals surface area contributed by atoms with Crippen molar-refractivity contribution < 1.29 is 24.6 Å². The van der Waals surface area contributed by atoms with E-state index >= 15 is 0 Å². The van der Waals surface area contributed by atoms with Crippen LogP contribution >= 0.6 is 0 Å². The lowest BCUT2D eigenvalue weighted by atomic mass is 10.1. The predicted molar refractivity (Wildman–Crippen MR) is 84.1 cm³/mol. The summed E-state index contributed by atoms with van der Waals surface area (Å²) in [5, 5.41) is 23.4. The van der Waals surface area contributed by atoms with E-state index in [1.165, 1.54) is 0 Å². The van der Waals surface area contributed by atoms with E-state index in [1.54, 1.807) is 31.2 Å². The molecule has 0 fully saturated rings. The molecule has 8 nitrogen and oxygen atoms in total. The molecule has 2 atom stereocenters. The van der Waals surface area contributed by atoms with Gasteiger partial charge in [0.1, 0.15) is 0 Å². The summed E-state index contributed by atoms with van der Waals surface area (Å²) in [6.45, 7) is 1.67. The Balaban J connectivity index is 2.58. The summed E-state index contributed by atoms with van der Waals surface area (Å²) in [7, 11) is 0. The van der Waals surface area contributed by atoms with E-state index in [9.17, 15) is 14.7 Å². The summed E-state index contributed by atoms with van der Waals surface area (Å²) in [6.07, 6.45) is -0.158. The summed E-state index contributed by atoms with van der Waals surface area (Å²) >= 11 is 0. The van der Waals surface area contributed by atoms with Crippen molar-refractivity contribution in [1.82, 2.24) is 10.8 Å². The number of hydroxylamine groups is 1. The molecular formula is C15H23N3O5. The Hall–Kier alpha value is -2.00. The lowest BCUT2D eigenvalue weighted by Gasteiger charge is -2.17. The first-order valence-corrected chi connectivity index (χ1v) is 7.33. The molecule has 0 bridgehead atoms. The summed E-state index contributed by atoms with van der Waals surface area (Å²) in [6, 6.07) is 6.81. The Morgan fingerprint density at radius 2 is 2.04 bits per heavy atom. The third-order valence-corrected chi connectivity index (χ3v) is 3.06. The number of hydrogen-bond donors (Lipinski definition) is 5. The van der Waals surface area contributed by atoms with Gasteiger partial charge in [-0.3, -0.25) is 14.4 Å². The van der Waals surface area contributed by atoms with Crippen LogP contribution in [0.4, 0.5) is 5.69 Å². The molecule has 5 N–H and O–H groups in total. The van der Waals surface area contributed by atoms with Crippen LogP contribution in [0, 0.1) is 0 Å². The van der Waals surface area contributed by atoms with Gasteiger partial charge in [0.05, 0.1) is 12.8 Å². The van der Waals surface area contributed by atoms with E-state index in [2.05, 4.69) is 16.1 Å². The Labute approximate surface area is 134 Å². The van der Waals surface area contributed by atoms with Crippen LogP contribution in [0.5, 0.6) is 0 Å². The lowest BCUT2D eigenvalue weighted by Crippen LogP contribution is -2.38. The molecular weight excluding hydrogens is 302 g/mol. The minimum absolute atomic E-state index is 0.0528. The molecule has 0 radical (unpaired) electrons. The molecule has 1 aromatic rings. The van der Waals surface area contributed by atoms with Gasteiger partial charge >= 0.3 is 0 Å². The predicted octanol–water partition coefficient (Wildman–Crippen LogP) is 0.0442. The number of aliphatic hydroxyl groups is 2. The largest absolute Gasteiger partial charge is 0.396 e. The number of carbonyl (C=O) groups is 2. The zero-order chi connectivity index (χ0) is 17.1. The third kappa shape index (κ3) is 7.20. The fourth-order valence-corrected chi connectivity index (χ4v) is 1.81. The molecule has 0 saturated carbocycles. The molecule has 2 unspecified atom stereocenters. The second kappa shape index (κ2) is 10.7. The molecule has 8 heteroatoms. The molecule has 1 rings (SSSR count). The SMILES string of the molecule is CC(O)c1ccc(NC(=O)C(CCCO)ONCNC=O)cc1. The molecule has 0 heterocycles. The standard InChI is InChI=1S/C15H23N3O5/c1-11(21)12-4-6-13(7-5-12)18-15(22)14(3-2-8-19)23-17-9-16-10-20/h4-7,10-11,14,17,19,21H,2-3,8-9H2,1H3,(H,16,20)(H,18,22). The summed E-state index contributed by atoms with van der Waals surface area (Å²) in [5.74, 6) is -0.373.